The Morgan fingerprint density at radius 2 is 1.79 bits per heavy atom. The van der Waals surface area contributed by atoms with Crippen molar-refractivity contribution in [3.8, 4) is 22.4 Å². The van der Waals surface area contributed by atoms with Crippen LogP contribution < -0.4 is 10.2 Å². The first-order valence-corrected chi connectivity index (χ1v) is 12.7. The summed E-state index contributed by atoms with van der Waals surface area (Å²) < 4.78 is 44.5. The second-order valence-corrected chi connectivity index (χ2v) is 9.75. The first-order valence-electron chi connectivity index (χ1n) is 12.0. The second kappa shape index (κ2) is 11.3. The van der Waals surface area contributed by atoms with Gasteiger partial charge in [0.15, 0.2) is 0 Å². The standard InChI is InChI=1S/C27H22Cl2F3N5O2/c28-20-9-17(10-21(29)12-20)22-15-35-26(37-4-6-39-7-5-37)36-24(22)18-11-23(33-14-18)25(38)34-13-16-2-1-3-19(8-16)27(30,31)32/h1-3,8-12,14-15,33H,4-7,13H2,(H,34,38). The van der Waals surface area contributed by atoms with Crippen molar-refractivity contribution in [3.05, 3.63) is 87.8 Å². The number of benzene rings is 2. The molecule has 0 saturated carbocycles. The van der Waals surface area contributed by atoms with E-state index >= 15 is 0 Å². The van der Waals surface area contributed by atoms with Crippen molar-refractivity contribution < 1.29 is 22.7 Å². The number of nitrogens with one attached hydrogen (secondary N) is 2. The summed E-state index contributed by atoms with van der Waals surface area (Å²) in [7, 11) is 0. The van der Waals surface area contributed by atoms with Gasteiger partial charge in [-0.25, -0.2) is 9.97 Å². The van der Waals surface area contributed by atoms with Crippen LogP contribution in [0.2, 0.25) is 10.0 Å². The maximum atomic E-state index is 13.0. The summed E-state index contributed by atoms with van der Waals surface area (Å²) in [5.41, 5.74) is 2.30. The van der Waals surface area contributed by atoms with Crippen LogP contribution in [0.3, 0.4) is 0 Å². The molecule has 1 fully saturated rings. The average molecular weight is 576 g/mol. The zero-order chi connectivity index (χ0) is 27.6. The number of amides is 1. The monoisotopic (exact) mass is 575 g/mol. The number of aromatic amines is 1. The van der Waals surface area contributed by atoms with Gasteiger partial charge in [-0.2, -0.15) is 13.2 Å². The van der Waals surface area contributed by atoms with Gasteiger partial charge in [0, 0.05) is 53.2 Å². The van der Waals surface area contributed by atoms with Gasteiger partial charge in [0.25, 0.3) is 5.91 Å². The molecule has 39 heavy (non-hydrogen) atoms. The lowest BCUT2D eigenvalue weighted by molar-refractivity contribution is -0.137. The third-order valence-corrected chi connectivity index (χ3v) is 6.59. The zero-order valence-corrected chi connectivity index (χ0v) is 21.9. The maximum absolute atomic E-state index is 13.0. The summed E-state index contributed by atoms with van der Waals surface area (Å²) in [6, 6.07) is 11.6. The SMILES string of the molecule is O=C(NCc1cccc(C(F)(F)F)c1)c1cc(-c2nc(N3CCOCC3)ncc2-c2cc(Cl)cc(Cl)c2)c[nH]1. The van der Waals surface area contributed by atoms with E-state index in [1.165, 1.54) is 12.1 Å². The topological polar surface area (TPSA) is 83.1 Å². The Bertz CT molecular complexity index is 1480. The van der Waals surface area contributed by atoms with E-state index in [0.29, 0.717) is 70.2 Å². The minimum absolute atomic E-state index is 0.0714. The van der Waals surface area contributed by atoms with E-state index in [4.69, 9.17) is 32.9 Å². The summed E-state index contributed by atoms with van der Waals surface area (Å²) in [6.07, 6.45) is -1.13. The highest BCUT2D eigenvalue weighted by Crippen LogP contribution is 2.35. The van der Waals surface area contributed by atoms with Crippen LogP contribution in [0.4, 0.5) is 19.1 Å². The van der Waals surface area contributed by atoms with Crippen LogP contribution >= 0.6 is 23.2 Å². The smallest absolute Gasteiger partial charge is 0.378 e. The van der Waals surface area contributed by atoms with Crippen LogP contribution in [-0.4, -0.2) is 47.2 Å². The Labute approximate surface area is 231 Å². The fourth-order valence-electron chi connectivity index (χ4n) is 4.23. The molecule has 0 spiro atoms. The molecule has 0 aliphatic carbocycles. The first kappa shape index (κ1) is 27.0. The van der Waals surface area contributed by atoms with Crippen LogP contribution in [0.25, 0.3) is 22.4 Å². The quantitative estimate of drug-likeness (QED) is 0.285. The fraction of sp³-hybridized carbons (Fsp3) is 0.222. The summed E-state index contributed by atoms with van der Waals surface area (Å²) in [4.78, 5) is 27.2. The molecule has 7 nitrogen and oxygen atoms in total. The molecule has 2 N–H and O–H groups in total. The van der Waals surface area contributed by atoms with E-state index in [-0.39, 0.29) is 12.2 Å². The summed E-state index contributed by atoms with van der Waals surface area (Å²) in [5, 5.41) is 3.55. The Kier molecular flexibility index (Phi) is 7.79. The number of rotatable bonds is 6. The number of halogens is 5. The fourth-order valence-corrected chi connectivity index (χ4v) is 4.75. The van der Waals surface area contributed by atoms with Crippen molar-refractivity contribution in [2.24, 2.45) is 0 Å². The van der Waals surface area contributed by atoms with Gasteiger partial charge in [0.1, 0.15) is 5.69 Å². The number of hydrogen-bond donors (Lipinski definition) is 2. The lowest BCUT2D eigenvalue weighted by atomic mass is 10.0. The molecule has 202 valence electrons. The molecule has 2 aromatic carbocycles. The van der Waals surface area contributed by atoms with E-state index < -0.39 is 17.6 Å². The van der Waals surface area contributed by atoms with E-state index in [0.717, 1.165) is 12.1 Å². The van der Waals surface area contributed by atoms with Crippen LogP contribution in [0.1, 0.15) is 21.6 Å². The van der Waals surface area contributed by atoms with Gasteiger partial charge in [-0.3, -0.25) is 4.79 Å². The van der Waals surface area contributed by atoms with Gasteiger partial charge in [-0.15, -0.1) is 0 Å². The van der Waals surface area contributed by atoms with E-state index in [1.54, 1.807) is 36.7 Å². The molecule has 0 unspecified atom stereocenters. The molecular formula is C27H22Cl2F3N5O2. The van der Waals surface area contributed by atoms with Gasteiger partial charge < -0.3 is 19.9 Å². The molecule has 1 aliphatic heterocycles. The number of alkyl halides is 3. The molecule has 5 rings (SSSR count). The normalized spacial score (nSPS) is 13.9. The van der Waals surface area contributed by atoms with Crippen LogP contribution in [0.15, 0.2) is 60.9 Å². The second-order valence-electron chi connectivity index (χ2n) is 8.87. The molecule has 1 saturated heterocycles. The van der Waals surface area contributed by atoms with Crippen LogP contribution in [0.5, 0.6) is 0 Å². The highest BCUT2D eigenvalue weighted by atomic mass is 35.5. The Balaban J connectivity index is 1.43. The Hall–Kier alpha value is -3.60. The molecule has 12 heteroatoms. The number of carbonyl (C=O) groups is 1. The van der Waals surface area contributed by atoms with Gasteiger partial charge in [0.05, 0.1) is 24.5 Å². The predicted molar refractivity (Wildman–Crippen MR) is 143 cm³/mol. The number of H-pyrrole nitrogens is 1. The number of anilines is 1. The number of carbonyl (C=O) groups excluding carboxylic acids is 1. The van der Waals surface area contributed by atoms with Crippen molar-refractivity contribution in [2.75, 3.05) is 31.2 Å². The predicted octanol–water partition coefficient (Wildman–Crippen LogP) is 6.23. The lowest BCUT2D eigenvalue weighted by Crippen LogP contribution is -2.37. The molecular weight excluding hydrogens is 554 g/mol. The third-order valence-electron chi connectivity index (χ3n) is 6.15. The number of ether oxygens (including phenoxy) is 1. The Morgan fingerprint density at radius 3 is 2.51 bits per heavy atom. The van der Waals surface area contributed by atoms with Crippen molar-refractivity contribution >= 4 is 35.1 Å². The Morgan fingerprint density at radius 1 is 1.05 bits per heavy atom. The number of aromatic nitrogens is 3. The number of hydrogen-bond acceptors (Lipinski definition) is 5. The highest BCUT2D eigenvalue weighted by molar-refractivity contribution is 6.35. The molecule has 4 aromatic rings. The van der Waals surface area contributed by atoms with E-state index in [9.17, 15) is 18.0 Å². The average Bonchev–Trinajstić information content (AvgIpc) is 3.41. The third kappa shape index (κ3) is 6.35. The minimum Gasteiger partial charge on any atom is -0.378 e. The van der Waals surface area contributed by atoms with Crippen LogP contribution in [-0.2, 0) is 17.5 Å². The minimum atomic E-state index is -4.46. The first-order chi connectivity index (χ1) is 18.7. The molecule has 0 bridgehead atoms. The van der Waals surface area contributed by atoms with Crippen molar-refractivity contribution in [1.82, 2.24) is 20.3 Å². The highest BCUT2D eigenvalue weighted by Gasteiger charge is 2.30. The molecule has 3 heterocycles. The summed E-state index contributed by atoms with van der Waals surface area (Å²) in [5.74, 6) is 0.0374. The number of morpholine rings is 1. The van der Waals surface area contributed by atoms with Crippen LogP contribution in [0, 0.1) is 0 Å². The summed E-state index contributed by atoms with van der Waals surface area (Å²) in [6.45, 7) is 2.32. The van der Waals surface area contributed by atoms with Crippen molar-refractivity contribution in [2.45, 2.75) is 12.7 Å². The molecule has 2 aromatic heterocycles. The number of nitrogens with zero attached hydrogens (tertiary/aromatic N) is 3. The van der Waals surface area contributed by atoms with Crippen molar-refractivity contribution in [1.29, 1.82) is 0 Å². The van der Waals surface area contributed by atoms with E-state index in [1.807, 2.05) is 4.90 Å². The van der Waals surface area contributed by atoms with Crippen molar-refractivity contribution in [3.63, 3.8) is 0 Å². The van der Waals surface area contributed by atoms with Gasteiger partial charge in [0.2, 0.25) is 5.95 Å². The largest absolute Gasteiger partial charge is 0.416 e. The molecule has 0 radical (unpaired) electrons. The van der Waals surface area contributed by atoms with Gasteiger partial charge in [-0.05, 0) is 47.5 Å². The lowest BCUT2D eigenvalue weighted by Gasteiger charge is -2.27. The summed E-state index contributed by atoms with van der Waals surface area (Å²) >= 11 is 12.5. The van der Waals surface area contributed by atoms with E-state index in [2.05, 4.69) is 15.3 Å². The molecule has 0 atom stereocenters. The van der Waals surface area contributed by atoms with Gasteiger partial charge in [-0.1, -0.05) is 35.3 Å². The maximum Gasteiger partial charge on any atom is 0.416 e. The van der Waals surface area contributed by atoms with Gasteiger partial charge >= 0.3 is 6.18 Å². The molecule has 1 amide bonds. The molecule has 1 aliphatic rings. The zero-order valence-electron chi connectivity index (χ0n) is 20.4.